The predicted molar refractivity (Wildman–Crippen MR) is 117 cm³/mol. The second-order valence-electron chi connectivity index (χ2n) is 6.36. The lowest BCUT2D eigenvalue weighted by atomic mass is 10.1. The third kappa shape index (κ3) is 6.69. The van der Waals surface area contributed by atoms with Crippen LogP contribution in [0.25, 0.3) is 0 Å². The summed E-state index contributed by atoms with van der Waals surface area (Å²) in [4.78, 5) is 7.15. The quantitative estimate of drug-likeness (QED) is 0.342. The van der Waals surface area contributed by atoms with Gasteiger partial charge in [-0.2, -0.15) is 0 Å². The van der Waals surface area contributed by atoms with Gasteiger partial charge < -0.3 is 15.4 Å². The molecule has 1 saturated heterocycles. The lowest BCUT2D eigenvalue weighted by Crippen LogP contribution is -2.41. The molecule has 0 spiro atoms. The molecule has 2 N–H and O–H groups in total. The Labute approximate surface area is 176 Å². The summed E-state index contributed by atoms with van der Waals surface area (Å²) < 4.78 is 6.52. The normalized spacial score (nSPS) is 23.7. The molecule has 25 heavy (non-hydrogen) atoms. The van der Waals surface area contributed by atoms with Crippen LogP contribution >= 0.6 is 39.9 Å². The maximum Gasteiger partial charge on any atom is 0.191 e. The molecule has 0 aromatic heterocycles. The van der Waals surface area contributed by atoms with E-state index in [2.05, 4.69) is 62.7 Å². The van der Waals surface area contributed by atoms with Crippen LogP contribution in [0.15, 0.2) is 33.7 Å². The highest BCUT2D eigenvalue weighted by Gasteiger charge is 2.38. The summed E-state index contributed by atoms with van der Waals surface area (Å²) in [5, 5.41) is 6.94. The highest BCUT2D eigenvalue weighted by Crippen LogP contribution is 2.40. The van der Waals surface area contributed by atoms with Gasteiger partial charge in [-0.15, -0.1) is 24.0 Å². The molecule has 0 amide bonds. The molecule has 1 aromatic carbocycles. The van der Waals surface area contributed by atoms with Crippen molar-refractivity contribution in [2.75, 3.05) is 45.9 Å². The van der Waals surface area contributed by atoms with Gasteiger partial charge in [-0.05, 0) is 31.0 Å². The average molecular weight is 523 g/mol. The molecule has 140 valence electrons. The lowest BCUT2D eigenvalue weighted by molar-refractivity contribution is 0.0394. The standard InChI is InChI=1S/C18H27BrN4O.HI/c1-2-20-18(21-7-8-23-9-11-24-12-10-23)22-17-13-16(17)14-3-5-15(19)6-4-14;/h3-6,16-17H,2,7-13H2,1H3,(H2,20,21,22);1H. The molecule has 0 bridgehead atoms. The van der Waals surface area contributed by atoms with E-state index in [9.17, 15) is 0 Å². The van der Waals surface area contributed by atoms with Crippen LogP contribution in [0.2, 0.25) is 0 Å². The van der Waals surface area contributed by atoms with E-state index in [1.54, 1.807) is 0 Å². The highest BCUT2D eigenvalue weighted by molar-refractivity contribution is 14.0. The van der Waals surface area contributed by atoms with Crippen LogP contribution in [0.3, 0.4) is 0 Å². The van der Waals surface area contributed by atoms with E-state index in [4.69, 9.17) is 9.73 Å². The Morgan fingerprint density at radius 3 is 2.68 bits per heavy atom. The van der Waals surface area contributed by atoms with Crippen LogP contribution in [0, 0.1) is 0 Å². The largest absolute Gasteiger partial charge is 0.379 e. The number of nitrogens with zero attached hydrogens (tertiary/aromatic N) is 2. The molecule has 1 aliphatic carbocycles. The summed E-state index contributed by atoms with van der Waals surface area (Å²) >= 11 is 3.50. The van der Waals surface area contributed by atoms with E-state index in [0.717, 1.165) is 56.4 Å². The topological polar surface area (TPSA) is 48.9 Å². The van der Waals surface area contributed by atoms with E-state index >= 15 is 0 Å². The van der Waals surface area contributed by atoms with Crippen molar-refractivity contribution < 1.29 is 4.74 Å². The van der Waals surface area contributed by atoms with Gasteiger partial charge in [0.2, 0.25) is 0 Å². The van der Waals surface area contributed by atoms with Gasteiger partial charge in [0.05, 0.1) is 19.8 Å². The number of hydrogen-bond donors (Lipinski definition) is 2. The van der Waals surface area contributed by atoms with E-state index in [-0.39, 0.29) is 24.0 Å². The van der Waals surface area contributed by atoms with Gasteiger partial charge in [0, 0.05) is 42.6 Å². The van der Waals surface area contributed by atoms with E-state index in [1.807, 2.05) is 0 Å². The molecular weight excluding hydrogens is 495 g/mol. The van der Waals surface area contributed by atoms with Gasteiger partial charge in [0.1, 0.15) is 0 Å². The predicted octanol–water partition coefficient (Wildman–Crippen LogP) is 2.81. The molecule has 2 fully saturated rings. The first-order valence-corrected chi connectivity index (χ1v) is 9.66. The number of guanidine groups is 1. The van der Waals surface area contributed by atoms with Crippen LogP contribution < -0.4 is 10.6 Å². The van der Waals surface area contributed by atoms with Crippen molar-refractivity contribution in [3.8, 4) is 0 Å². The number of ether oxygens (including phenoxy) is 1. The number of hydrogen-bond acceptors (Lipinski definition) is 3. The number of nitrogens with one attached hydrogen (secondary N) is 2. The highest BCUT2D eigenvalue weighted by atomic mass is 127. The monoisotopic (exact) mass is 522 g/mol. The molecule has 5 nitrogen and oxygen atoms in total. The van der Waals surface area contributed by atoms with Crippen molar-refractivity contribution >= 4 is 45.9 Å². The molecule has 0 radical (unpaired) electrons. The smallest absolute Gasteiger partial charge is 0.191 e. The Morgan fingerprint density at radius 2 is 2.00 bits per heavy atom. The third-order valence-electron chi connectivity index (χ3n) is 4.54. The first-order valence-electron chi connectivity index (χ1n) is 8.86. The molecule has 1 aromatic rings. The third-order valence-corrected chi connectivity index (χ3v) is 5.07. The summed E-state index contributed by atoms with van der Waals surface area (Å²) in [6, 6.07) is 9.14. The zero-order valence-electron chi connectivity index (χ0n) is 14.7. The van der Waals surface area contributed by atoms with Crippen molar-refractivity contribution in [1.29, 1.82) is 0 Å². The second-order valence-corrected chi connectivity index (χ2v) is 7.27. The molecule has 2 unspecified atom stereocenters. The Balaban J connectivity index is 0.00000225. The molecular formula is C18H28BrIN4O. The minimum Gasteiger partial charge on any atom is -0.379 e. The van der Waals surface area contributed by atoms with Crippen molar-refractivity contribution in [1.82, 2.24) is 15.5 Å². The average Bonchev–Trinajstić information content (AvgIpc) is 3.36. The van der Waals surface area contributed by atoms with Gasteiger partial charge in [-0.1, -0.05) is 28.1 Å². The van der Waals surface area contributed by atoms with E-state index in [1.165, 1.54) is 12.0 Å². The van der Waals surface area contributed by atoms with Gasteiger partial charge in [0.25, 0.3) is 0 Å². The zero-order valence-corrected chi connectivity index (χ0v) is 18.6. The lowest BCUT2D eigenvalue weighted by Gasteiger charge is -2.25. The fourth-order valence-electron chi connectivity index (χ4n) is 3.06. The fourth-order valence-corrected chi connectivity index (χ4v) is 3.32. The molecule has 2 atom stereocenters. The maximum atomic E-state index is 5.38. The number of rotatable bonds is 6. The van der Waals surface area contributed by atoms with Crippen LogP contribution in [-0.4, -0.2) is 62.8 Å². The summed E-state index contributed by atoms with van der Waals surface area (Å²) in [6.45, 7) is 8.56. The summed E-state index contributed by atoms with van der Waals surface area (Å²) in [5.74, 6) is 1.54. The number of aliphatic imine (C=N–C) groups is 1. The fraction of sp³-hybridized carbons (Fsp3) is 0.611. The van der Waals surface area contributed by atoms with Crippen LogP contribution in [0.5, 0.6) is 0 Å². The number of morpholine rings is 1. The van der Waals surface area contributed by atoms with Gasteiger partial charge in [0.15, 0.2) is 5.96 Å². The van der Waals surface area contributed by atoms with E-state index < -0.39 is 0 Å². The Morgan fingerprint density at radius 1 is 1.28 bits per heavy atom. The van der Waals surface area contributed by atoms with Crippen LogP contribution in [0.1, 0.15) is 24.8 Å². The Kier molecular flexibility index (Phi) is 8.95. The SMILES string of the molecule is CCNC(=NCCN1CCOCC1)NC1CC1c1ccc(Br)cc1.I. The Bertz CT molecular complexity index is 549. The van der Waals surface area contributed by atoms with Crippen LogP contribution in [-0.2, 0) is 4.74 Å². The molecule has 1 aliphatic heterocycles. The molecule has 7 heteroatoms. The zero-order chi connectivity index (χ0) is 16.8. The number of halogens is 2. The van der Waals surface area contributed by atoms with Gasteiger partial charge >= 0.3 is 0 Å². The van der Waals surface area contributed by atoms with E-state index in [0.29, 0.717) is 12.0 Å². The molecule has 1 heterocycles. The van der Waals surface area contributed by atoms with Crippen LogP contribution in [0.4, 0.5) is 0 Å². The summed E-state index contributed by atoms with van der Waals surface area (Å²) in [5.41, 5.74) is 1.40. The number of benzene rings is 1. The van der Waals surface area contributed by atoms with Crippen molar-refractivity contribution in [3.63, 3.8) is 0 Å². The van der Waals surface area contributed by atoms with Gasteiger partial charge in [-0.25, -0.2) is 0 Å². The van der Waals surface area contributed by atoms with Crippen molar-refractivity contribution in [2.24, 2.45) is 4.99 Å². The van der Waals surface area contributed by atoms with Crippen molar-refractivity contribution in [2.45, 2.75) is 25.3 Å². The Hall–Kier alpha value is -0.380. The van der Waals surface area contributed by atoms with Crippen molar-refractivity contribution in [3.05, 3.63) is 34.3 Å². The summed E-state index contributed by atoms with van der Waals surface area (Å²) in [7, 11) is 0. The summed E-state index contributed by atoms with van der Waals surface area (Å²) in [6.07, 6.45) is 1.18. The van der Waals surface area contributed by atoms with Gasteiger partial charge in [-0.3, -0.25) is 9.89 Å². The second kappa shape index (κ2) is 10.7. The minimum atomic E-state index is 0. The first kappa shape index (κ1) is 20.9. The maximum absolute atomic E-state index is 5.38. The molecule has 1 saturated carbocycles. The minimum absolute atomic E-state index is 0. The molecule has 3 rings (SSSR count). The first-order chi connectivity index (χ1) is 11.8. The molecule has 2 aliphatic rings.